The summed E-state index contributed by atoms with van der Waals surface area (Å²) in [5.74, 6) is 0.106. The van der Waals surface area contributed by atoms with Crippen LogP contribution in [0.2, 0.25) is 5.02 Å². The van der Waals surface area contributed by atoms with Gasteiger partial charge in [0.25, 0.3) is 0 Å². The Morgan fingerprint density at radius 1 is 1.29 bits per heavy atom. The van der Waals surface area contributed by atoms with Crippen molar-refractivity contribution in [2.75, 3.05) is 0 Å². The lowest BCUT2D eigenvalue weighted by molar-refractivity contribution is 0.288. The van der Waals surface area contributed by atoms with Crippen LogP contribution in [-0.2, 0) is 6.61 Å². The maximum absolute atomic E-state index is 13.4. The van der Waals surface area contributed by atoms with Crippen LogP contribution in [-0.4, -0.2) is 4.98 Å². The third-order valence-electron chi connectivity index (χ3n) is 2.27. The Balaban J connectivity index is 2.04. The van der Waals surface area contributed by atoms with Gasteiger partial charge < -0.3 is 4.74 Å². The van der Waals surface area contributed by atoms with Crippen molar-refractivity contribution < 1.29 is 9.13 Å². The molecule has 0 amide bonds. The summed E-state index contributed by atoms with van der Waals surface area (Å²) in [5.41, 5.74) is 1.51. The molecule has 1 heterocycles. The van der Waals surface area contributed by atoms with Crippen molar-refractivity contribution in [1.82, 2.24) is 4.98 Å². The number of benzene rings is 1. The fourth-order valence-electron chi connectivity index (χ4n) is 1.33. The van der Waals surface area contributed by atoms with E-state index in [9.17, 15) is 4.39 Å². The van der Waals surface area contributed by atoms with Crippen molar-refractivity contribution in [2.45, 2.75) is 13.5 Å². The summed E-state index contributed by atoms with van der Waals surface area (Å²) >= 11 is 5.66. The van der Waals surface area contributed by atoms with Gasteiger partial charge in [-0.25, -0.2) is 9.37 Å². The van der Waals surface area contributed by atoms with Crippen molar-refractivity contribution in [3.8, 4) is 5.88 Å². The predicted octanol–water partition coefficient (Wildman–Crippen LogP) is 3.76. The fraction of sp³-hybridized carbons (Fsp3) is 0.154. The van der Waals surface area contributed by atoms with Gasteiger partial charge in [0.1, 0.15) is 12.4 Å². The summed E-state index contributed by atoms with van der Waals surface area (Å²) in [6.45, 7) is 2.08. The number of hydrogen-bond acceptors (Lipinski definition) is 2. The molecule has 2 rings (SSSR count). The molecule has 0 aliphatic carbocycles. The lowest BCUT2D eigenvalue weighted by Crippen LogP contribution is -1.99. The van der Waals surface area contributed by atoms with Gasteiger partial charge in [0.15, 0.2) is 0 Å². The lowest BCUT2D eigenvalue weighted by Gasteiger charge is -2.06. The van der Waals surface area contributed by atoms with Crippen LogP contribution in [0.25, 0.3) is 0 Å². The van der Waals surface area contributed by atoms with E-state index in [1.54, 1.807) is 24.4 Å². The molecule has 0 N–H and O–H groups in total. The minimum atomic E-state index is -0.371. The van der Waals surface area contributed by atoms with E-state index in [-0.39, 0.29) is 12.4 Å². The molecule has 0 fully saturated rings. The van der Waals surface area contributed by atoms with Crippen molar-refractivity contribution in [3.05, 3.63) is 58.5 Å². The highest BCUT2D eigenvalue weighted by atomic mass is 35.5. The quantitative estimate of drug-likeness (QED) is 0.829. The number of ether oxygens (including phenoxy) is 1. The molecule has 0 radical (unpaired) electrons. The number of hydrogen-bond donors (Lipinski definition) is 0. The van der Waals surface area contributed by atoms with Crippen molar-refractivity contribution in [1.29, 1.82) is 0 Å². The largest absolute Gasteiger partial charge is 0.473 e. The van der Waals surface area contributed by atoms with E-state index in [2.05, 4.69) is 4.98 Å². The molecule has 2 aromatic rings. The summed E-state index contributed by atoms with van der Waals surface area (Å²) in [5, 5.41) is 0.375. The average Bonchev–Trinajstić information content (AvgIpc) is 2.30. The van der Waals surface area contributed by atoms with Gasteiger partial charge in [-0.15, -0.1) is 0 Å². The summed E-state index contributed by atoms with van der Waals surface area (Å²) in [6, 6.07) is 8.14. The minimum absolute atomic E-state index is 0.138. The Hall–Kier alpha value is -1.61. The lowest BCUT2D eigenvalue weighted by atomic mass is 10.2. The van der Waals surface area contributed by atoms with Crippen LogP contribution in [0.3, 0.4) is 0 Å². The van der Waals surface area contributed by atoms with E-state index >= 15 is 0 Å². The number of aryl methyl sites for hydroxylation is 1. The zero-order chi connectivity index (χ0) is 12.3. The maximum Gasteiger partial charge on any atom is 0.213 e. The molecule has 0 saturated carbocycles. The van der Waals surface area contributed by atoms with Gasteiger partial charge in [0.2, 0.25) is 5.88 Å². The maximum atomic E-state index is 13.4. The van der Waals surface area contributed by atoms with E-state index in [0.29, 0.717) is 16.5 Å². The van der Waals surface area contributed by atoms with E-state index in [1.807, 2.05) is 13.0 Å². The first kappa shape index (κ1) is 11.9. The second-order valence-electron chi connectivity index (χ2n) is 3.70. The van der Waals surface area contributed by atoms with Gasteiger partial charge in [-0.3, -0.25) is 0 Å². The molecule has 0 bridgehead atoms. The van der Waals surface area contributed by atoms with E-state index in [0.717, 1.165) is 5.56 Å². The molecule has 0 aliphatic rings. The van der Waals surface area contributed by atoms with Gasteiger partial charge in [-0.2, -0.15) is 0 Å². The third-order valence-corrected chi connectivity index (χ3v) is 2.51. The first-order valence-corrected chi connectivity index (χ1v) is 5.52. The molecular weight excluding hydrogens is 241 g/mol. The summed E-state index contributed by atoms with van der Waals surface area (Å²) in [6.07, 6.45) is 1.70. The highest BCUT2D eigenvalue weighted by molar-refractivity contribution is 6.30. The number of rotatable bonds is 3. The molecule has 0 saturated heterocycles. The predicted molar refractivity (Wildman–Crippen MR) is 64.7 cm³/mol. The Morgan fingerprint density at radius 2 is 2.12 bits per heavy atom. The normalized spacial score (nSPS) is 10.3. The van der Waals surface area contributed by atoms with Gasteiger partial charge >= 0.3 is 0 Å². The van der Waals surface area contributed by atoms with Crippen molar-refractivity contribution >= 4 is 11.6 Å². The first-order valence-electron chi connectivity index (χ1n) is 5.14. The number of nitrogens with zero attached hydrogens (tertiary/aromatic N) is 1. The van der Waals surface area contributed by atoms with Crippen molar-refractivity contribution in [3.63, 3.8) is 0 Å². The zero-order valence-corrected chi connectivity index (χ0v) is 10.0. The SMILES string of the molecule is Cc1ccc(OCc2ccc(Cl)cc2F)nc1. The van der Waals surface area contributed by atoms with Gasteiger partial charge in [-0.05, 0) is 24.6 Å². The molecule has 0 spiro atoms. The molecule has 0 atom stereocenters. The molecule has 0 aliphatic heterocycles. The number of halogens is 2. The smallest absolute Gasteiger partial charge is 0.213 e. The summed E-state index contributed by atoms with van der Waals surface area (Å²) in [7, 11) is 0. The molecular formula is C13H11ClFNO. The molecule has 1 aromatic heterocycles. The van der Waals surface area contributed by atoms with Crippen LogP contribution in [0.1, 0.15) is 11.1 Å². The summed E-state index contributed by atoms with van der Waals surface area (Å²) < 4.78 is 18.8. The molecule has 1 aromatic carbocycles. The molecule has 4 heteroatoms. The van der Waals surface area contributed by atoms with Gasteiger partial charge in [-0.1, -0.05) is 23.7 Å². The van der Waals surface area contributed by atoms with Crippen LogP contribution in [0, 0.1) is 12.7 Å². The van der Waals surface area contributed by atoms with Crippen LogP contribution >= 0.6 is 11.6 Å². The van der Waals surface area contributed by atoms with Crippen LogP contribution in [0.15, 0.2) is 36.5 Å². The average molecular weight is 252 g/mol. The van der Waals surface area contributed by atoms with Crippen LogP contribution < -0.4 is 4.74 Å². The standard InChI is InChI=1S/C13H11ClFNO/c1-9-2-5-13(16-7-9)17-8-10-3-4-11(14)6-12(10)15/h2-7H,8H2,1H3. The molecule has 0 unspecified atom stereocenters. The topological polar surface area (TPSA) is 22.1 Å². The Labute approximate surface area is 104 Å². The van der Waals surface area contributed by atoms with E-state index in [4.69, 9.17) is 16.3 Å². The van der Waals surface area contributed by atoms with Crippen LogP contribution in [0.4, 0.5) is 4.39 Å². The Morgan fingerprint density at radius 3 is 2.76 bits per heavy atom. The highest BCUT2D eigenvalue weighted by Gasteiger charge is 2.04. The van der Waals surface area contributed by atoms with E-state index < -0.39 is 0 Å². The van der Waals surface area contributed by atoms with Gasteiger partial charge in [0.05, 0.1) is 0 Å². The third kappa shape index (κ3) is 3.17. The summed E-state index contributed by atoms with van der Waals surface area (Å²) in [4.78, 5) is 4.07. The second kappa shape index (κ2) is 5.15. The molecule has 17 heavy (non-hydrogen) atoms. The monoisotopic (exact) mass is 251 g/mol. The fourth-order valence-corrected chi connectivity index (χ4v) is 1.49. The first-order chi connectivity index (χ1) is 8.15. The Kier molecular flexibility index (Phi) is 3.59. The van der Waals surface area contributed by atoms with Crippen LogP contribution in [0.5, 0.6) is 5.88 Å². The van der Waals surface area contributed by atoms with Gasteiger partial charge in [0, 0.05) is 22.8 Å². The zero-order valence-electron chi connectivity index (χ0n) is 9.28. The number of pyridine rings is 1. The molecule has 2 nitrogen and oxygen atoms in total. The molecule has 88 valence electrons. The number of aromatic nitrogens is 1. The Bertz CT molecular complexity index is 513. The van der Waals surface area contributed by atoms with E-state index in [1.165, 1.54) is 6.07 Å². The van der Waals surface area contributed by atoms with Crippen molar-refractivity contribution in [2.24, 2.45) is 0 Å². The second-order valence-corrected chi connectivity index (χ2v) is 4.13. The minimum Gasteiger partial charge on any atom is -0.473 e. The highest BCUT2D eigenvalue weighted by Crippen LogP contribution is 2.16.